The van der Waals surface area contributed by atoms with Crippen molar-refractivity contribution in [1.29, 1.82) is 0 Å². The van der Waals surface area contributed by atoms with Gasteiger partial charge in [0.1, 0.15) is 0 Å². The predicted octanol–water partition coefficient (Wildman–Crippen LogP) is 5.72. The van der Waals surface area contributed by atoms with E-state index in [-0.39, 0.29) is 12.2 Å². The van der Waals surface area contributed by atoms with Gasteiger partial charge in [0.15, 0.2) is 4.80 Å². The third kappa shape index (κ3) is 5.47. The van der Waals surface area contributed by atoms with Gasteiger partial charge in [0.25, 0.3) is 5.56 Å². The zero-order chi connectivity index (χ0) is 27.4. The SMILES string of the molecule is CCOC(=O)C1=C(c2ccccc2)N=c2s/c(=C/C=C/c3ccccc3)c(=O)n2[C@@H]1c1ccc(C(C)C)cc1. The predicted molar refractivity (Wildman–Crippen MR) is 158 cm³/mol. The maximum atomic E-state index is 13.9. The van der Waals surface area contributed by atoms with E-state index in [2.05, 4.69) is 26.0 Å². The minimum absolute atomic E-state index is 0.191. The van der Waals surface area contributed by atoms with Crippen LogP contribution in [0.2, 0.25) is 0 Å². The molecule has 4 aromatic rings. The highest BCUT2D eigenvalue weighted by Crippen LogP contribution is 2.35. The van der Waals surface area contributed by atoms with Crippen molar-refractivity contribution in [3.05, 3.63) is 139 Å². The van der Waals surface area contributed by atoms with Gasteiger partial charge in [0, 0.05) is 5.56 Å². The molecule has 3 aromatic carbocycles. The molecule has 0 saturated carbocycles. The van der Waals surface area contributed by atoms with E-state index in [0.717, 1.165) is 16.7 Å². The Hall–Kier alpha value is -4.29. The van der Waals surface area contributed by atoms with Crippen LogP contribution in [-0.4, -0.2) is 17.1 Å². The summed E-state index contributed by atoms with van der Waals surface area (Å²) in [5.74, 6) is -0.117. The van der Waals surface area contributed by atoms with Gasteiger partial charge < -0.3 is 4.74 Å². The van der Waals surface area contributed by atoms with Crippen LogP contribution >= 0.6 is 11.3 Å². The van der Waals surface area contributed by atoms with Gasteiger partial charge in [-0.15, -0.1) is 0 Å². The smallest absolute Gasteiger partial charge is 0.338 e. The summed E-state index contributed by atoms with van der Waals surface area (Å²) >= 11 is 1.32. The Balaban J connectivity index is 1.74. The monoisotopic (exact) mass is 534 g/mol. The molecule has 0 bridgehead atoms. The lowest BCUT2D eigenvalue weighted by Gasteiger charge is -2.26. The first-order valence-electron chi connectivity index (χ1n) is 13.1. The third-order valence-corrected chi connectivity index (χ3v) is 7.63. The van der Waals surface area contributed by atoms with Gasteiger partial charge in [-0.1, -0.05) is 122 Å². The van der Waals surface area contributed by atoms with Crippen molar-refractivity contribution in [3.8, 4) is 0 Å². The van der Waals surface area contributed by atoms with E-state index >= 15 is 0 Å². The molecule has 2 heterocycles. The second-order valence-corrected chi connectivity index (χ2v) is 10.6. The summed E-state index contributed by atoms with van der Waals surface area (Å²) in [7, 11) is 0. The summed E-state index contributed by atoms with van der Waals surface area (Å²) in [6, 6.07) is 27.0. The molecule has 5 nitrogen and oxygen atoms in total. The Morgan fingerprint density at radius 1 is 1.00 bits per heavy atom. The van der Waals surface area contributed by atoms with Crippen molar-refractivity contribution < 1.29 is 9.53 Å². The zero-order valence-corrected chi connectivity index (χ0v) is 23.0. The minimum atomic E-state index is -0.669. The van der Waals surface area contributed by atoms with Crippen LogP contribution in [-0.2, 0) is 9.53 Å². The fourth-order valence-corrected chi connectivity index (χ4v) is 5.60. The zero-order valence-electron chi connectivity index (χ0n) is 22.2. The van der Waals surface area contributed by atoms with Crippen molar-refractivity contribution in [2.24, 2.45) is 4.99 Å². The molecule has 0 spiro atoms. The van der Waals surface area contributed by atoms with Crippen LogP contribution in [0.25, 0.3) is 17.8 Å². The highest BCUT2D eigenvalue weighted by atomic mass is 32.1. The van der Waals surface area contributed by atoms with Gasteiger partial charge in [0.05, 0.1) is 28.5 Å². The number of nitrogens with zero attached hydrogens (tertiary/aromatic N) is 2. The Morgan fingerprint density at radius 3 is 2.31 bits per heavy atom. The van der Waals surface area contributed by atoms with Crippen molar-refractivity contribution >= 4 is 35.2 Å². The normalized spacial score (nSPS) is 15.5. The van der Waals surface area contributed by atoms with E-state index < -0.39 is 12.0 Å². The number of hydrogen-bond donors (Lipinski definition) is 0. The largest absolute Gasteiger partial charge is 0.463 e. The highest BCUT2D eigenvalue weighted by molar-refractivity contribution is 7.07. The minimum Gasteiger partial charge on any atom is -0.463 e. The topological polar surface area (TPSA) is 60.7 Å². The van der Waals surface area contributed by atoms with E-state index in [1.807, 2.05) is 91.0 Å². The second kappa shape index (κ2) is 11.6. The molecule has 0 N–H and O–H groups in total. The first-order valence-corrected chi connectivity index (χ1v) is 13.9. The van der Waals surface area contributed by atoms with Gasteiger partial charge in [-0.3, -0.25) is 9.36 Å². The number of allylic oxidation sites excluding steroid dienone is 1. The number of aromatic nitrogens is 1. The first-order chi connectivity index (χ1) is 19.0. The van der Waals surface area contributed by atoms with Crippen molar-refractivity contribution in [2.45, 2.75) is 32.7 Å². The molecular formula is C33H30N2O3S. The molecule has 0 aliphatic carbocycles. The first kappa shape index (κ1) is 26.3. The molecule has 0 amide bonds. The van der Waals surface area contributed by atoms with Crippen LogP contribution in [0, 0.1) is 0 Å². The van der Waals surface area contributed by atoms with Crippen LogP contribution < -0.4 is 14.9 Å². The quantitative estimate of drug-likeness (QED) is 0.285. The fraction of sp³-hybridized carbons (Fsp3) is 0.182. The fourth-order valence-electron chi connectivity index (χ4n) is 4.64. The van der Waals surface area contributed by atoms with Crippen molar-refractivity contribution in [3.63, 3.8) is 0 Å². The molecule has 1 aliphatic rings. The van der Waals surface area contributed by atoms with E-state index in [1.54, 1.807) is 11.5 Å². The maximum Gasteiger partial charge on any atom is 0.338 e. The summed E-state index contributed by atoms with van der Waals surface area (Å²) in [4.78, 5) is 32.8. The standard InChI is InChI=1S/C33H30N2O3S/c1-4-38-32(37)28-29(25-15-9-6-10-16-25)34-33-35(30(28)26-20-18-24(19-21-26)22(2)3)31(36)27(39-33)17-11-14-23-12-7-5-8-13-23/h5-22,30H,4H2,1-3H3/b14-11+,27-17+/t30-/m1/s1. The van der Waals surface area contributed by atoms with E-state index in [0.29, 0.717) is 26.5 Å². The molecule has 6 heteroatoms. The molecule has 5 rings (SSSR count). The molecule has 1 aliphatic heterocycles. The Labute approximate surface area is 231 Å². The summed E-state index contributed by atoms with van der Waals surface area (Å²) < 4.78 is 7.71. The number of rotatable bonds is 7. The number of carbonyl (C=O) groups is 1. The summed E-state index contributed by atoms with van der Waals surface area (Å²) in [5, 5.41) is 0. The van der Waals surface area contributed by atoms with Gasteiger partial charge in [0.2, 0.25) is 0 Å². The highest BCUT2D eigenvalue weighted by Gasteiger charge is 2.35. The molecule has 0 saturated heterocycles. The molecular weight excluding hydrogens is 504 g/mol. The molecule has 0 radical (unpaired) electrons. The van der Waals surface area contributed by atoms with Crippen LogP contribution in [0.15, 0.2) is 106 Å². The number of fused-ring (bicyclic) bond motifs is 1. The van der Waals surface area contributed by atoms with Gasteiger partial charge in [-0.25, -0.2) is 9.79 Å². The average Bonchev–Trinajstić information content (AvgIpc) is 3.28. The second-order valence-electron chi connectivity index (χ2n) is 9.54. The Bertz CT molecular complexity index is 1710. The van der Waals surface area contributed by atoms with Crippen molar-refractivity contribution in [1.82, 2.24) is 4.57 Å². The van der Waals surface area contributed by atoms with Crippen LogP contribution in [0.3, 0.4) is 0 Å². The number of hydrogen-bond acceptors (Lipinski definition) is 5. The molecule has 0 unspecified atom stereocenters. The number of thiazole rings is 1. The molecule has 1 atom stereocenters. The van der Waals surface area contributed by atoms with Crippen LogP contribution in [0.4, 0.5) is 0 Å². The number of ether oxygens (including phenoxy) is 1. The molecule has 0 fully saturated rings. The maximum absolute atomic E-state index is 13.9. The number of carbonyl (C=O) groups excluding carboxylic acids is 1. The summed E-state index contributed by atoms with van der Waals surface area (Å²) in [5.41, 5.74) is 4.55. The lowest BCUT2D eigenvalue weighted by molar-refractivity contribution is -0.138. The third-order valence-electron chi connectivity index (χ3n) is 6.63. The van der Waals surface area contributed by atoms with Crippen LogP contribution in [0.1, 0.15) is 55.0 Å². The van der Waals surface area contributed by atoms with Crippen LogP contribution in [0.5, 0.6) is 0 Å². The molecule has 39 heavy (non-hydrogen) atoms. The summed E-state index contributed by atoms with van der Waals surface area (Å²) in [6.07, 6.45) is 5.64. The van der Waals surface area contributed by atoms with Gasteiger partial charge in [-0.2, -0.15) is 0 Å². The Kier molecular flexibility index (Phi) is 7.84. The van der Waals surface area contributed by atoms with Crippen molar-refractivity contribution in [2.75, 3.05) is 6.61 Å². The molecule has 1 aromatic heterocycles. The molecule has 196 valence electrons. The van der Waals surface area contributed by atoms with E-state index in [4.69, 9.17) is 9.73 Å². The average molecular weight is 535 g/mol. The lowest BCUT2D eigenvalue weighted by atomic mass is 9.91. The number of benzene rings is 3. The van der Waals surface area contributed by atoms with E-state index in [1.165, 1.54) is 16.9 Å². The van der Waals surface area contributed by atoms with E-state index in [9.17, 15) is 9.59 Å². The van der Waals surface area contributed by atoms with Gasteiger partial charge >= 0.3 is 5.97 Å². The lowest BCUT2D eigenvalue weighted by Crippen LogP contribution is -2.39. The number of esters is 1. The van der Waals surface area contributed by atoms with Gasteiger partial charge in [-0.05, 0) is 35.6 Å². The summed E-state index contributed by atoms with van der Waals surface area (Å²) in [6.45, 7) is 6.27. The Morgan fingerprint density at radius 2 is 1.67 bits per heavy atom.